The number of hydrogen-bond donors (Lipinski definition) is 1. The minimum Gasteiger partial charge on any atom is -0.345 e. The van der Waals surface area contributed by atoms with E-state index in [2.05, 4.69) is 69.8 Å². The van der Waals surface area contributed by atoms with E-state index in [0.29, 0.717) is 31.7 Å². The summed E-state index contributed by atoms with van der Waals surface area (Å²) in [5, 5.41) is 5.32. The number of likely N-dealkylation sites (tertiary alicyclic amines) is 2. The SMILES string of the molecule is C#CCNC(=O)C1CN(C(=O)CN(SC)C2CCN(C(C)c3cccc4ccccc34)CC2)C1. The van der Waals surface area contributed by atoms with Gasteiger partial charge in [-0.2, -0.15) is 0 Å². The number of fused-ring (bicyclic) bond motifs is 1. The van der Waals surface area contributed by atoms with E-state index >= 15 is 0 Å². The molecule has 0 bridgehead atoms. The highest BCUT2D eigenvalue weighted by atomic mass is 32.2. The van der Waals surface area contributed by atoms with Gasteiger partial charge in [0, 0.05) is 38.3 Å². The lowest BCUT2D eigenvalue weighted by atomic mass is 9.96. The highest BCUT2D eigenvalue weighted by molar-refractivity contribution is 7.96. The molecule has 180 valence electrons. The van der Waals surface area contributed by atoms with E-state index in [1.54, 1.807) is 16.8 Å². The number of carbonyl (C=O) groups is 2. The monoisotopic (exact) mass is 478 g/mol. The molecule has 0 aliphatic carbocycles. The fourth-order valence-electron chi connectivity index (χ4n) is 5.08. The Balaban J connectivity index is 1.28. The number of amides is 2. The van der Waals surface area contributed by atoms with Crippen LogP contribution in [0.3, 0.4) is 0 Å². The van der Waals surface area contributed by atoms with Gasteiger partial charge < -0.3 is 10.2 Å². The minimum atomic E-state index is -0.140. The minimum absolute atomic E-state index is 0.0589. The van der Waals surface area contributed by atoms with Gasteiger partial charge in [0.15, 0.2) is 0 Å². The molecule has 2 heterocycles. The van der Waals surface area contributed by atoms with Crippen molar-refractivity contribution >= 4 is 34.5 Å². The van der Waals surface area contributed by atoms with Crippen LogP contribution in [-0.4, -0.2) is 77.5 Å². The summed E-state index contributed by atoms with van der Waals surface area (Å²) in [4.78, 5) is 29.1. The molecule has 0 saturated carbocycles. The molecule has 2 fully saturated rings. The fraction of sp³-hybridized carbons (Fsp3) is 0.481. The third-order valence-electron chi connectivity index (χ3n) is 7.22. The van der Waals surface area contributed by atoms with Gasteiger partial charge in [0.25, 0.3) is 0 Å². The van der Waals surface area contributed by atoms with Gasteiger partial charge in [0.1, 0.15) is 0 Å². The van der Waals surface area contributed by atoms with Crippen LogP contribution in [0.5, 0.6) is 0 Å². The number of hydrogen-bond acceptors (Lipinski definition) is 5. The summed E-state index contributed by atoms with van der Waals surface area (Å²) in [7, 11) is 0. The molecule has 0 spiro atoms. The summed E-state index contributed by atoms with van der Waals surface area (Å²) in [5.41, 5.74) is 1.38. The van der Waals surface area contributed by atoms with Crippen LogP contribution in [0, 0.1) is 18.3 Å². The van der Waals surface area contributed by atoms with Gasteiger partial charge in [0.2, 0.25) is 11.8 Å². The fourth-order valence-corrected chi connectivity index (χ4v) is 5.83. The summed E-state index contributed by atoms with van der Waals surface area (Å²) in [6.45, 7) is 5.93. The van der Waals surface area contributed by atoms with E-state index in [9.17, 15) is 9.59 Å². The smallest absolute Gasteiger partial charge is 0.237 e. The maximum Gasteiger partial charge on any atom is 0.237 e. The van der Waals surface area contributed by atoms with Crippen LogP contribution in [0.2, 0.25) is 0 Å². The van der Waals surface area contributed by atoms with E-state index in [1.807, 2.05) is 6.26 Å². The predicted molar refractivity (Wildman–Crippen MR) is 139 cm³/mol. The first-order chi connectivity index (χ1) is 16.5. The van der Waals surface area contributed by atoms with Gasteiger partial charge in [-0.3, -0.25) is 14.5 Å². The Morgan fingerprint density at radius 1 is 1.18 bits per heavy atom. The van der Waals surface area contributed by atoms with Crippen molar-refractivity contribution < 1.29 is 9.59 Å². The first kappa shape index (κ1) is 24.6. The molecule has 7 heteroatoms. The standard InChI is InChI=1S/C27H34N4O2S/c1-4-14-28-27(33)22-17-30(18-22)26(32)19-31(34-3)23-12-15-29(16-13-23)20(2)24-11-7-9-21-8-5-6-10-25(21)24/h1,5-11,20,22-23H,12-19H2,2-3H3,(H,28,33). The van der Waals surface area contributed by atoms with Crippen molar-refractivity contribution in [2.45, 2.75) is 31.8 Å². The second kappa shape index (κ2) is 11.3. The van der Waals surface area contributed by atoms with Gasteiger partial charge in [-0.05, 0) is 42.4 Å². The number of piperidine rings is 1. The van der Waals surface area contributed by atoms with Crippen molar-refractivity contribution in [3.63, 3.8) is 0 Å². The summed E-state index contributed by atoms with van der Waals surface area (Å²) in [5.74, 6) is 2.31. The zero-order chi connectivity index (χ0) is 24.1. The third-order valence-corrected chi connectivity index (χ3v) is 8.12. The van der Waals surface area contributed by atoms with E-state index in [4.69, 9.17) is 6.42 Å². The number of carbonyl (C=O) groups excluding carboxylic acids is 2. The molecule has 1 atom stereocenters. The van der Waals surface area contributed by atoms with Crippen molar-refractivity contribution in [1.29, 1.82) is 0 Å². The molecule has 1 unspecified atom stereocenters. The number of nitrogens with one attached hydrogen (secondary N) is 1. The summed E-state index contributed by atoms with van der Waals surface area (Å²) in [6, 6.07) is 15.9. The van der Waals surface area contributed by atoms with Crippen LogP contribution >= 0.6 is 11.9 Å². The lowest BCUT2D eigenvalue weighted by Crippen LogP contribution is -2.58. The molecular formula is C27H34N4O2S. The molecule has 0 radical (unpaired) electrons. The normalized spacial score (nSPS) is 18.5. The van der Waals surface area contributed by atoms with E-state index in [0.717, 1.165) is 25.9 Å². The van der Waals surface area contributed by atoms with Crippen LogP contribution in [0.25, 0.3) is 10.8 Å². The summed E-state index contributed by atoms with van der Waals surface area (Å²) < 4.78 is 2.23. The van der Waals surface area contributed by atoms with Crippen LogP contribution in [0.15, 0.2) is 42.5 Å². The maximum atomic E-state index is 12.8. The van der Waals surface area contributed by atoms with Crippen molar-refractivity contribution in [3.05, 3.63) is 48.0 Å². The zero-order valence-corrected chi connectivity index (χ0v) is 20.9. The molecule has 2 aromatic carbocycles. The van der Waals surface area contributed by atoms with Gasteiger partial charge in [-0.25, -0.2) is 4.31 Å². The Morgan fingerprint density at radius 3 is 2.59 bits per heavy atom. The van der Waals surface area contributed by atoms with Crippen molar-refractivity contribution in [3.8, 4) is 12.3 Å². The molecule has 0 aromatic heterocycles. The lowest BCUT2D eigenvalue weighted by molar-refractivity contribution is -0.143. The second-order valence-electron chi connectivity index (χ2n) is 9.19. The number of terminal acetylenes is 1. The first-order valence-corrected chi connectivity index (χ1v) is 13.2. The molecule has 2 aromatic rings. The van der Waals surface area contributed by atoms with Gasteiger partial charge >= 0.3 is 0 Å². The Bertz CT molecular complexity index is 1050. The molecule has 1 N–H and O–H groups in total. The molecular weight excluding hydrogens is 444 g/mol. The van der Waals surface area contributed by atoms with Crippen molar-refractivity contribution in [1.82, 2.24) is 19.4 Å². The van der Waals surface area contributed by atoms with Crippen LogP contribution in [0.4, 0.5) is 0 Å². The second-order valence-corrected chi connectivity index (χ2v) is 10.0. The van der Waals surface area contributed by atoms with Crippen molar-refractivity contribution in [2.24, 2.45) is 5.92 Å². The van der Waals surface area contributed by atoms with Crippen molar-refractivity contribution in [2.75, 3.05) is 45.5 Å². The highest BCUT2D eigenvalue weighted by Crippen LogP contribution is 2.32. The maximum absolute atomic E-state index is 12.8. The molecule has 2 amide bonds. The Labute approximate surface area is 207 Å². The highest BCUT2D eigenvalue weighted by Gasteiger charge is 2.37. The molecule has 6 nitrogen and oxygen atoms in total. The average Bonchev–Trinajstić information content (AvgIpc) is 2.84. The predicted octanol–water partition coefficient (Wildman–Crippen LogP) is 3.15. The molecule has 34 heavy (non-hydrogen) atoms. The van der Waals surface area contributed by atoms with E-state index in [1.165, 1.54) is 16.3 Å². The number of nitrogens with zero attached hydrogens (tertiary/aromatic N) is 3. The average molecular weight is 479 g/mol. The Kier molecular flexibility index (Phi) is 8.15. The van der Waals surface area contributed by atoms with Crippen LogP contribution < -0.4 is 5.32 Å². The van der Waals surface area contributed by atoms with Gasteiger partial charge in [-0.15, -0.1) is 6.42 Å². The Hall–Kier alpha value is -2.53. The van der Waals surface area contributed by atoms with Crippen LogP contribution in [0.1, 0.15) is 31.4 Å². The van der Waals surface area contributed by atoms with Gasteiger partial charge in [-0.1, -0.05) is 60.3 Å². The largest absolute Gasteiger partial charge is 0.345 e. The number of benzene rings is 2. The molecule has 2 saturated heterocycles. The third kappa shape index (κ3) is 5.41. The molecule has 4 rings (SSSR count). The quantitative estimate of drug-likeness (QED) is 0.467. The van der Waals surface area contributed by atoms with E-state index in [-0.39, 0.29) is 24.3 Å². The van der Waals surface area contributed by atoms with Gasteiger partial charge in [0.05, 0.1) is 19.0 Å². The number of rotatable bonds is 8. The molecule has 2 aliphatic heterocycles. The topological polar surface area (TPSA) is 55.9 Å². The summed E-state index contributed by atoms with van der Waals surface area (Å²) >= 11 is 1.65. The zero-order valence-electron chi connectivity index (χ0n) is 20.1. The van der Waals surface area contributed by atoms with Crippen LogP contribution in [-0.2, 0) is 9.59 Å². The lowest BCUT2D eigenvalue weighted by Gasteiger charge is -2.42. The summed E-state index contributed by atoms with van der Waals surface area (Å²) in [6.07, 6.45) is 9.32. The Morgan fingerprint density at radius 2 is 1.88 bits per heavy atom. The molecule has 2 aliphatic rings. The first-order valence-electron chi connectivity index (χ1n) is 12.0. The van der Waals surface area contributed by atoms with E-state index < -0.39 is 0 Å².